The van der Waals surface area contributed by atoms with E-state index in [-0.39, 0.29) is 22.9 Å². The summed E-state index contributed by atoms with van der Waals surface area (Å²) in [6, 6.07) is 4.62. The second kappa shape index (κ2) is 7.82. The molecule has 0 radical (unpaired) electrons. The maximum absolute atomic E-state index is 11.9. The van der Waals surface area contributed by atoms with E-state index in [0.717, 1.165) is 12.1 Å². The zero-order valence-electron chi connectivity index (χ0n) is 11.5. The first kappa shape index (κ1) is 18.0. The van der Waals surface area contributed by atoms with Crippen molar-refractivity contribution < 1.29 is 26.3 Å². The van der Waals surface area contributed by atoms with Crippen LogP contribution in [0.4, 0.5) is 0 Å². The van der Waals surface area contributed by atoms with E-state index < -0.39 is 20.0 Å². The summed E-state index contributed by atoms with van der Waals surface area (Å²) in [5.74, 6) is 0. The van der Waals surface area contributed by atoms with E-state index in [1.54, 1.807) is 0 Å². The van der Waals surface area contributed by atoms with E-state index in [9.17, 15) is 16.8 Å². The van der Waals surface area contributed by atoms with Gasteiger partial charge in [-0.15, -0.1) is 0 Å². The van der Waals surface area contributed by atoms with Gasteiger partial charge in [0.1, 0.15) is 0 Å². The van der Waals surface area contributed by atoms with Gasteiger partial charge in [-0.2, -0.15) is 0 Å². The molecule has 0 saturated heterocycles. The van der Waals surface area contributed by atoms with Crippen LogP contribution in [0.5, 0.6) is 0 Å². The largest absolute Gasteiger partial charge is 0.382 e. The van der Waals surface area contributed by atoms with Crippen LogP contribution >= 0.6 is 0 Å². The van der Waals surface area contributed by atoms with Gasteiger partial charge in [0.2, 0.25) is 20.0 Å². The van der Waals surface area contributed by atoms with Gasteiger partial charge in [0.25, 0.3) is 0 Å². The van der Waals surface area contributed by atoms with Crippen molar-refractivity contribution in [1.29, 1.82) is 0 Å². The zero-order chi connectivity index (χ0) is 15.9. The molecule has 10 heteroatoms. The number of nitrogens with two attached hydrogens (primary N) is 1. The molecule has 3 N–H and O–H groups in total. The molecule has 1 aromatic carbocycles. The van der Waals surface area contributed by atoms with Crippen LogP contribution < -0.4 is 9.86 Å². The van der Waals surface area contributed by atoms with Crippen LogP contribution in [-0.2, 0) is 29.5 Å². The second-order valence-electron chi connectivity index (χ2n) is 4.02. The summed E-state index contributed by atoms with van der Waals surface area (Å²) in [5, 5.41) is 4.93. The highest BCUT2D eigenvalue weighted by Crippen LogP contribution is 2.12. The van der Waals surface area contributed by atoms with Gasteiger partial charge in [-0.1, -0.05) is 0 Å². The van der Waals surface area contributed by atoms with Crippen LogP contribution in [0.2, 0.25) is 0 Å². The number of methoxy groups -OCH3 is 1. The predicted molar refractivity (Wildman–Crippen MR) is 75.7 cm³/mol. The van der Waals surface area contributed by atoms with Gasteiger partial charge in [-0.05, 0) is 24.3 Å². The Kier molecular flexibility index (Phi) is 6.71. The molecule has 1 rings (SSSR count). The summed E-state index contributed by atoms with van der Waals surface area (Å²) in [5.41, 5.74) is 0. The molecule has 0 amide bonds. The van der Waals surface area contributed by atoms with Crippen molar-refractivity contribution in [3.63, 3.8) is 0 Å². The Hall–Kier alpha value is -1.04. The van der Waals surface area contributed by atoms with Crippen LogP contribution in [0.25, 0.3) is 0 Å². The summed E-state index contributed by atoms with van der Waals surface area (Å²) < 4.78 is 58.2. The Labute approximate surface area is 124 Å². The van der Waals surface area contributed by atoms with Gasteiger partial charge in [-0.25, -0.2) is 26.7 Å². The van der Waals surface area contributed by atoms with Gasteiger partial charge in [-0.3, -0.25) is 0 Å². The average Bonchev–Trinajstić information content (AvgIpc) is 2.42. The standard InChI is InChI=1S/C11H18N2O6S2/c1-18-8-9-19-7-6-13-21(16,17)11-4-2-10(3-5-11)20(12,14)15/h2-5,13H,6-9H2,1H3,(H2,12,14,15). The molecular formula is C11H18N2O6S2. The molecule has 0 aromatic heterocycles. The van der Waals surface area contributed by atoms with Gasteiger partial charge < -0.3 is 9.47 Å². The lowest BCUT2D eigenvalue weighted by Gasteiger charge is -2.08. The van der Waals surface area contributed by atoms with Crippen LogP contribution in [0.15, 0.2) is 34.1 Å². The van der Waals surface area contributed by atoms with Crippen molar-refractivity contribution in [2.75, 3.05) is 33.5 Å². The first-order chi connectivity index (χ1) is 9.77. The molecule has 0 bridgehead atoms. The third-order valence-corrected chi connectivity index (χ3v) is 4.84. The summed E-state index contributed by atoms with van der Waals surface area (Å²) in [6.07, 6.45) is 0. The molecule has 0 aliphatic heterocycles. The number of ether oxygens (including phenoxy) is 2. The maximum Gasteiger partial charge on any atom is 0.240 e. The second-order valence-corrected chi connectivity index (χ2v) is 7.35. The third kappa shape index (κ3) is 6.08. The number of nitrogens with one attached hydrogen (secondary N) is 1. The van der Waals surface area contributed by atoms with Crippen molar-refractivity contribution in [1.82, 2.24) is 4.72 Å². The number of rotatable bonds is 9. The van der Waals surface area contributed by atoms with Gasteiger partial charge in [0, 0.05) is 13.7 Å². The van der Waals surface area contributed by atoms with Crippen molar-refractivity contribution in [2.24, 2.45) is 5.14 Å². The Balaban J connectivity index is 2.58. The lowest BCUT2D eigenvalue weighted by atomic mass is 10.4. The van der Waals surface area contributed by atoms with E-state index in [1.807, 2.05) is 0 Å². The lowest BCUT2D eigenvalue weighted by molar-refractivity contribution is 0.0736. The highest BCUT2D eigenvalue weighted by molar-refractivity contribution is 7.89. The summed E-state index contributed by atoms with van der Waals surface area (Å²) >= 11 is 0. The van der Waals surface area contributed by atoms with E-state index >= 15 is 0 Å². The summed E-state index contributed by atoms with van der Waals surface area (Å²) in [6.45, 7) is 1.11. The molecule has 0 saturated carbocycles. The lowest BCUT2D eigenvalue weighted by Crippen LogP contribution is -2.28. The molecule has 0 fully saturated rings. The van der Waals surface area contributed by atoms with Crippen molar-refractivity contribution in [3.05, 3.63) is 24.3 Å². The normalized spacial score (nSPS) is 12.5. The fourth-order valence-corrected chi connectivity index (χ4v) is 2.91. The van der Waals surface area contributed by atoms with Crippen LogP contribution in [-0.4, -0.2) is 50.3 Å². The van der Waals surface area contributed by atoms with E-state index in [4.69, 9.17) is 14.6 Å². The fourth-order valence-electron chi connectivity index (χ4n) is 1.38. The maximum atomic E-state index is 11.9. The molecule has 0 heterocycles. The summed E-state index contributed by atoms with van der Waals surface area (Å²) in [7, 11) is -6.02. The minimum atomic E-state index is -3.84. The minimum absolute atomic E-state index is 0.0493. The molecule has 0 unspecified atom stereocenters. The SMILES string of the molecule is COCCOCCNS(=O)(=O)c1ccc(S(N)(=O)=O)cc1. The molecule has 21 heavy (non-hydrogen) atoms. The van der Waals surface area contributed by atoms with Gasteiger partial charge in [0.15, 0.2) is 0 Å². The summed E-state index contributed by atoms with van der Waals surface area (Å²) in [4.78, 5) is -0.198. The Bertz CT molecular complexity index is 640. The predicted octanol–water partition coefficient (Wildman–Crippen LogP) is -0.725. The first-order valence-electron chi connectivity index (χ1n) is 5.96. The van der Waals surface area contributed by atoms with Gasteiger partial charge >= 0.3 is 0 Å². The molecule has 0 spiro atoms. The molecule has 0 aliphatic rings. The van der Waals surface area contributed by atoms with Crippen LogP contribution in [0.1, 0.15) is 0 Å². The number of hydrogen-bond donors (Lipinski definition) is 2. The molecule has 0 aliphatic carbocycles. The molecule has 120 valence electrons. The van der Waals surface area contributed by atoms with Crippen molar-refractivity contribution >= 4 is 20.0 Å². The Morgan fingerprint density at radius 3 is 2.10 bits per heavy atom. The zero-order valence-corrected chi connectivity index (χ0v) is 13.1. The third-order valence-electron chi connectivity index (χ3n) is 2.43. The van der Waals surface area contributed by atoms with Crippen molar-refractivity contribution in [3.8, 4) is 0 Å². The van der Waals surface area contributed by atoms with E-state index in [1.165, 1.54) is 19.2 Å². The number of primary sulfonamides is 1. The molecular weight excluding hydrogens is 320 g/mol. The van der Waals surface area contributed by atoms with E-state index in [2.05, 4.69) is 4.72 Å². The van der Waals surface area contributed by atoms with Crippen LogP contribution in [0, 0.1) is 0 Å². The number of hydrogen-bond acceptors (Lipinski definition) is 6. The molecule has 0 atom stereocenters. The fraction of sp³-hybridized carbons (Fsp3) is 0.455. The van der Waals surface area contributed by atoms with E-state index in [0.29, 0.717) is 13.2 Å². The number of benzene rings is 1. The first-order valence-corrected chi connectivity index (χ1v) is 8.99. The van der Waals surface area contributed by atoms with Crippen molar-refractivity contribution in [2.45, 2.75) is 9.79 Å². The highest BCUT2D eigenvalue weighted by atomic mass is 32.2. The topological polar surface area (TPSA) is 125 Å². The monoisotopic (exact) mass is 338 g/mol. The average molecular weight is 338 g/mol. The van der Waals surface area contributed by atoms with Gasteiger partial charge in [0.05, 0.1) is 29.6 Å². The highest BCUT2D eigenvalue weighted by Gasteiger charge is 2.15. The molecule has 1 aromatic rings. The minimum Gasteiger partial charge on any atom is -0.382 e. The quantitative estimate of drug-likeness (QED) is 0.572. The smallest absolute Gasteiger partial charge is 0.240 e. The Morgan fingerprint density at radius 1 is 1.00 bits per heavy atom. The number of sulfonamides is 2. The van der Waals surface area contributed by atoms with Crippen LogP contribution in [0.3, 0.4) is 0 Å². The Morgan fingerprint density at radius 2 is 1.57 bits per heavy atom. The molecule has 8 nitrogen and oxygen atoms in total.